The third-order valence-corrected chi connectivity index (χ3v) is 5.66. The molecule has 2 aliphatic rings. The number of likely N-dealkylation sites (tertiary alicyclic amines) is 1. The van der Waals surface area contributed by atoms with Crippen molar-refractivity contribution in [2.45, 2.75) is 59.0 Å². The van der Waals surface area contributed by atoms with Crippen LogP contribution in [0.25, 0.3) is 0 Å². The highest BCUT2D eigenvalue weighted by molar-refractivity contribution is 5.91. The minimum absolute atomic E-state index is 0. The van der Waals surface area contributed by atoms with Gasteiger partial charge in [-0.15, -0.1) is 12.4 Å². The predicted octanol–water partition coefficient (Wildman–Crippen LogP) is 2.74. The Bertz CT molecular complexity index is 692. The Kier molecular flexibility index (Phi) is 6.58. The molecule has 3 heterocycles. The molecule has 0 bridgehead atoms. The second kappa shape index (κ2) is 8.19. The van der Waals surface area contributed by atoms with E-state index in [1.165, 1.54) is 0 Å². The smallest absolute Gasteiger partial charge is 0.226 e. The molecule has 0 radical (unpaired) electrons. The van der Waals surface area contributed by atoms with Crippen LogP contribution in [0.2, 0.25) is 0 Å². The number of halogens is 1. The van der Waals surface area contributed by atoms with Gasteiger partial charge in [-0.3, -0.25) is 14.7 Å². The molecule has 0 aliphatic carbocycles. The van der Waals surface area contributed by atoms with Crippen molar-refractivity contribution in [3.8, 4) is 0 Å². The Balaban J connectivity index is 0.00000261. The number of fused-ring (bicyclic) bond motifs is 1. The van der Waals surface area contributed by atoms with Gasteiger partial charge in [0.1, 0.15) is 0 Å². The van der Waals surface area contributed by atoms with Crippen LogP contribution in [0.5, 0.6) is 0 Å². The van der Waals surface area contributed by atoms with Crippen LogP contribution in [0.15, 0.2) is 0 Å². The van der Waals surface area contributed by atoms with Crippen molar-refractivity contribution < 1.29 is 9.59 Å². The monoisotopic (exact) mass is 397 g/mol. The molecule has 2 amide bonds. The number of piperidine rings is 1. The molecule has 7 nitrogen and oxygen atoms in total. The van der Waals surface area contributed by atoms with Crippen molar-refractivity contribution in [3.05, 3.63) is 11.3 Å². The van der Waals surface area contributed by atoms with Gasteiger partial charge in [0.05, 0.1) is 17.8 Å². The summed E-state index contributed by atoms with van der Waals surface area (Å²) in [6.45, 7) is 10.6. The molecule has 3 rings (SSSR count). The maximum atomic E-state index is 13.2. The van der Waals surface area contributed by atoms with E-state index in [2.05, 4.69) is 27.5 Å². The second-order valence-electron chi connectivity index (χ2n) is 8.63. The number of aromatic amines is 1. The second-order valence-corrected chi connectivity index (χ2v) is 8.63. The summed E-state index contributed by atoms with van der Waals surface area (Å²) in [5.74, 6) is 1.12. The number of aromatic nitrogens is 2. The molecule has 1 aromatic heterocycles. The number of carbonyl (C=O) groups is 2. The topological polar surface area (TPSA) is 81.3 Å². The number of H-pyrrole nitrogens is 1. The van der Waals surface area contributed by atoms with Crippen LogP contribution in [0, 0.1) is 11.8 Å². The molecule has 0 atom stereocenters. The third kappa shape index (κ3) is 4.29. The Hall–Kier alpha value is -1.60. The first-order valence-electron chi connectivity index (χ1n) is 9.57. The molecule has 2 aliphatic heterocycles. The molecular formula is C19H32ClN5O2. The van der Waals surface area contributed by atoms with Gasteiger partial charge < -0.3 is 15.1 Å². The SMILES string of the molecule is CC(C)CC(=O)Nc1n[nH]c2c1CN(C(=O)C1CCN(C)CC1)C2(C)C.Cl. The summed E-state index contributed by atoms with van der Waals surface area (Å²) in [6.07, 6.45) is 2.28. The standard InChI is InChI=1S/C19H31N5O2.ClH/c1-12(2)10-15(25)20-17-14-11-24(19(3,4)16(14)21-22-17)18(26)13-6-8-23(5)9-7-13;/h12-13H,6-11H2,1-5H3,(H2,20,21,22,25);1H. The number of hydrogen-bond donors (Lipinski definition) is 2. The fourth-order valence-corrected chi connectivity index (χ4v) is 4.00. The molecule has 1 aromatic rings. The van der Waals surface area contributed by atoms with E-state index >= 15 is 0 Å². The lowest BCUT2D eigenvalue weighted by molar-refractivity contribution is -0.142. The Labute approximate surface area is 167 Å². The average molecular weight is 398 g/mol. The minimum Gasteiger partial charge on any atom is -0.327 e. The fourth-order valence-electron chi connectivity index (χ4n) is 4.00. The zero-order valence-corrected chi connectivity index (χ0v) is 17.8. The molecule has 1 saturated heterocycles. The summed E-state index contributed by atoms with van der Waals surface area (Å²) in [7, 11) is 2.10. The van der Waals surface area contributed by atoms with E-state index in [0.717, 1.165) is 37.2 Å². The maximum Gasteiger partial charge on any atom is 0.226 e. The van der Waals surface area contributed by atoms with Crippen LogP contribution in [0.1, 0.15) is 58.2 Å². The number of rotatable bonds is 4. The molecule has 1 fully saturated rings. The van der Waals surface area contributed by atoms with Crippen molar-refractivity contribution in [2.75, 3.05) is 25.5 Å². The summed E-state index contributed by atoms with van der Waals surface area (Å²) >= 11 is 0. The van der Waals surface area contributed by atoms with Gasteiger partial charge in [-0.2, -0.15) is 5.10 Å². The highest BCUT2D eigenvalue weighted by Crippen LogP contribution is 2.42. The first kappa shape index (κ1) is 21.7. The lowest BCUT2D eigenvalue weighted by atomic mass is 9.93. The van der Waals surface area contributed by atoms with Crippen LogP contribution in [-0.4, -0.2) is 51.9 Å². The van der Waals surface area contributed by atoms with Crippen molar-refractivity contribution in [2.24, 2.45) is 11.8 Å². The van der Waals surface area contributed by atoms with Crippen molar-refractivity contribution in [1.29, 1.82) is 0 Å². The first-order valence-corrected chi connectivity index (χ1v) is 9.57. The predicted molar refractivity (Wildman–Crippen MR) is 108 cm³/mol. The van der Waals surface area contributed by atoms with E-state index in [1.54, 1.807) is 0 Å². The van der Waals surface area contributed by atoms with Gasteiger partial charge in [-0.05, 0) is 52.7 Å². The number of anilines is 1. The number of hydrogen-bond acceptors (Lipinski definition) is 4. The van der Waals surface area contributed by atoms with E-state index in [0.29, 0.717) is 24.7 Å². The van der Waals surface area contributed by atoms with Crippen molar-refractivity contribution in [3.63, 3.8) is 0 Å². The molecule has 152 valence electrons. The average Bonchev–Trinajstić information content (AvgIpc) is 3.06. The quantitative estimate of drug-likeness (QED) is 0.818. The molecule has 0 unspecified atom stereocenters. The molecular weight excluding hydrogens is 366 g/mol. The van der Waals surface area contributed by atoms with Gasteiger partial charge in [0.2, 0.25) is 11.8 Å². The number of carbonyl (C=O) groups excluding carboxylic acids is 2. The zero-order chi connectivity index (χ0) is 19.1. The van der Waals surface area contributed by atoms with Gasteiger partial charge in [-0.1, -0.05) is 13.8 Å². The molecule has 0 saturated carbocycles. The summed E-state index contributed by atoms with van der Waals surface area (Å²) in [5.41, 5.74) is 1.43. The Morgan fingerprint density at radius 3 is 2.52 bits per heavy atom. The molecule has 2 N–H and O–H groups in total. The summed E-state index contributed by atoms with van der Waals surface area (Å²) in [6, 6.07) is 0. The zero-order valence-electron chi connectivity index (χ0n) is 17.0. The summed E-state index contributed by atoms with van der Waals surface area (Å²) in [4.78, 5) is 29.5. The molecule has 27 heavy (non-hydrogen) atoms. The van der Waals surface area contributed by atoms with Crippen LogP contribution in [0.3, 0.4) is 0 Å². The molecule has 8 heteroatoms. The lowest BCUT2D eigenvalue weighted by Gasteiger charge is -2.37. The van der Waals surface area contributed by atoms with Crippen LogP contribution in [-0.2, 0) is 21.7 Å². The molecule has 0 spiro atoms. The summed E-state index contributed by atoms with van der Waals surface area (Å²) in [5, 5.41) is 10.3. The normalized spacial score (nSPS) is 19.7. The van der Waals surface area contributed by atoms with E-state index in [4.69, 9.17) is 0 Å². The fraction of sp³-hybridized carbons (Fsp3) is 0.737. The van der Waals surface area contributed by atoms with Crippen LogP contribution >= 0.6 is 12.4 Å². The Morgan fingerprint density at radius 1 is 1.30 bits per heavy atom. The van der Waals surface area contributed by atoms with Gasteiger partial charge in [0.25, 0.3) is 0 Å². The highest BCUT2D eigenvalue weighted by atomic mass is 35.5. The van der Waals surface area contributed by atoms with E-state index < -0.39 is 5.54 Å². The minimum atomic E-state index is -0.441. The van der Waals surface area contributed by atoms with Gasteiger partial charge in [0, 0.05) is 17.9 Å². The largest absolute Gasteiger partial charge is 0.327 e. The van der Waals surface area contributed by atoms with Crippen LogP contribution < -0.4 is 5.32 Å². The van der Waals surface area contributed by atoms with Crippen LogP contribution in [0.4, 0.5) is 5.82 Å². The highest BCUT2D eigenvalue weighted by Gasteiger charge is 2.45. The number of amides is 2. The first-order chi connectivity index (χ1) is 12.2. The van der Waals surface area contributed by atoms with Gasteiger partial charge >= 0.3 is 0 Å². The third-order valence-electron chi connectivity index (χ3n) is 5.66. The van der Waals surface area contributed by atoms with E-state index in [-0.39, 0.29) is 30.1 Å². The van der Waals surface area contributed by atoms with Gasteiger partial charge in [0.15, 0.2) is 5.82 Å². The van der Waals surface area contributed by atoms with E-state index in [1.807, 2.05) is 32.6 Å². The van der Waals surface area contributed by atoms with Crippen molar-refractivity contribution in [1.82, 2.24) is 20.0 Å². The summed E-state index contributed by atoms with van der Waals surface area (Å²) < 4.78 is 0. The van der Waals surface area contributed by atoms with Gasteiger partial charge in [-0.25, -0.2) is 0 Å². The maximum absolute atomic E-state index is 13.2. The molecule has 0 aromatic carbocycles. The Morgan fingerprint density at radius 2 is 1.93 bits per heavy atom. The van der Waals surface area contributed by atoms with Crippen molar-refractivity contribution >= 4 is 30.0 Å². The number of nitrogens with zero attached hydrogens (tertiary/aromatic N) is 3. The number of nitrogens with one attached hydrogen (secondary N) is 2. The lowest BCUT2D eigenvalue weighted by Crippen LogP contribution is -2.46. The van der Waals surface area contributed by atoms with E-state index in [9.17, 15) is 9.59 Å².